The van der Waals surface area contributed by atoms with Gasteiger partial charge in [0.2, 0.25) is 0 Å². The zero-order chi connectivity index (χ0) is 12.8. The molecule has 0 bridgehead atoms. The Morgan fingerprint density at radius 1 is 0.611 bits per heavy atom. The highest BCUT2D eigenvalue weighted by Gasteiger charge is 1.90. The average molecular weight is 228 g/mol. The van der Waals surface area contributed by atoms with E-state index in [2.05, 4.69) is 11.8 Å². The Labute approximate surface area is 108 Å². The summed E-state index contributed by atoms with van der Waals surface area (Å²) >= 11 is 0. The number of hydrogen-bond donors (Lipinski definition) is 0. The van der Waals surface area contributed by atoms with Crippen molar-refractivity contribution in [2.75, 3.05) is 0 Å². The summed E-state index contributed by atoms with van der Waals surface area (Å²) in [6.45, 7) is 0. The third-order valence-electron chi connectivity index (χ3n) is 2.62. The molecule has 0 aliphatic heterocycles. The Bertz CT molecular complexity index is 567. The minimum atomic E-state index is 0.894. The SMILES string of the molecule is C#Cc1ccc(C=Cc2ccc(C#C)cc2)cc1. The van der Waals surface area contributed by atoms with Crippen LogP contribution in [0.1, 0.15) is 22.3 Å². The van der Waals surface area contributed by atoms with Gasteiger partial charge in [0.1, 0.15) is 0 Å². The number of benzene rings is 2. The van der Waals surface area contributed by atoms with Gasteiger partial charge in [-0.15, -0.1) is 12.8 Å². The molecule has 18 heavy (non-hydrogen) atoms. The zero-order valence-corrected chi connectivity index (χ0v) is 9.93. The smallest absolute Gasteiger partial charge is 0.0243 e. The molecular formula is C18H12. The van der Waals surface area contributed by atoms with Crippen molar-refractivity contribution in [2.45, 2.75) is 0 Å². The van der Waals surface area contributed by atoms with E-state index in [1.54, 1.807) is 0 Å². The maximum Gasteiger partial charge on any atom is 0.0243 e. The van der Waals surface area contributed by atoms with E-state index in [4.69, 9.17) is 12.8 Å². The van der Waals surface area contributed by atoms with Crippen LogP contribution >= 0.6 is 0 Å². The van der Waals surface area contributed by atoms with Crippen LogP contribution in [0.3, 0.4) is 0 Å². The van der Waals surface area contributed by atoms with Crippen molar-refractivity contribution < 1.29 is 0 Å². The zero-order valence-electron chi connectivity index (χ0n) is 9.93. The summed E-state index contributed by atoms with van der Waals surface area (Å²) in [5.41, 5.74) is 4.03. The third-order valence-corrected chi connectivity index (χ3v) is 2.62. The van der Waals surface area contributed by atoms with Crippen LogP contribution in [0.4, 0.5) is 0 Å². The van der Waals surface area contributed by atoms with Gasteiger partial charge in [-0.05, 0) is 35.4 Å². The molecule has 0 nitrogen and oxygen atoms in total. The average Bonchev–Trinajstić information content (AvgIpc) is 2.46. The van der Waals surface area contributed by atoms with Gasteiger partial charge < -0.3 is 0 Å². The second kappa shape index (κ2) is 5.58. The Hall–Kier alpha value is -2.70. The molecule has 0 heterocycles. The second-order valence-corrected chi connectivity index (χ2v) is 3.87. The lowest BCUT2D eigenvalue weighted by Crippen LogP contribution is -1.77. The molecule has 2 aromatic rings. The van der Waals surface area contributed by atoms with E-state index in [0.717, 1.165) is 22.3 Å². The van der Waals surface area contributed by atoms with Gasteiger partial charge in [0.15, 0.2) is 0 Å². The molecule has 0 N–H and O–H groups in total. The van der Waals surface area contributed by atoms with Crippen LogP contribution in [-0.4, -0.2) is 0 Å². The highest BCUT2D eigenvalue weighted by Crippen LogP contribution is 2.10. The predicted octanol–water partition coefficient (Wildman–Crippen LogP) is 3.82. The molecular weight excluding hydrogens is 216 g/mol. The molecule has 0 heteroatoms. The molecule has 2 rings (SSSR count). The first-order valence-electron chi connectivity index (χ1n) is 5.63. The lowest BCUT2D eigenvalue weighted by atomic mass is 10.1. The van der Waals surface area contributed by atoms with Crippen LogP contribution in [-0.2, 0) is 0 Å². The number of terminal acetylenes is 2. The lowest BCUT2D eigenvalue weighted by Gasteiger charge is -1.96. The maximum absolute atomic E-state index is 5.31. The predicted molar refractivity (Wildman–Crippen MR) is 77.7 cm³/mol. The molecule has 0 atom stereocenters. The highest BCUT2D eigenvalue weighted by molar-refractivity contribution is 5.70. The summed E-state index contributed by atoms with van der Waals surface area (Å²) in [6.07, 6.45) is 14.7. The van der Waals surface area contributed by atoms with Crippen molar-refractivity contribution in [1.82, 2.24) is 0 Å². The van der Waals surface area contributed by atoms with Gasteiger partial charge in [-0.3, -0.25) is 0 Å². The normalized spacial score (nSPS) is 9.89. The first kappa shape index (κ1) is 11.8. The van der Waals surface area contributed by atoms with E-state index in [9.17, 15) is 0 Å². The Balaban J connectivity index is 2.14. The lowest BCUT2D eigenvalue weighted by molar-refractivity contribution is 1.60. The molecule has 0 saturated heterocycles. The molecule has 2 aromatic carbocycles. The maximum atomic E-state index is 5.31. The summed E-state index contributed by atoms with van der Waals surface area (Å²) < 4.78 is 0. The fraction of sp³-hybridized carbons (Fsp3) is 0. The van der Waals surface area contributed by atoms with Gasteiger partial charge in [0.05, 0.1) is 0 Å². The third kappa shape index (κ3) is 2.91. The van der Waals surface area contributed by atoms with E-state index in [0.29, 0.717) is 0 Å². The molecule has 0 amide bonds. The molecule has 0 aliphatic rings. The summed E-state index contributed by atoms with van der Waals surface area (Å²) in [7, 11) is 0. The Morgan fingerprint density at radius 2 is 0.944 bits per heavy atom. The fourth-order valence-electron chi connectivity index (χ4n) is 1.57. The van der Waals surface area contributed by atoms with Crippen LogP contribution in [0, 0.1) is 24.7 Å². The molecule has 0 fully saturated rings. The van der Waals surface area contributed by atoms with Gasteiger partial charge in [-0.1, -0.05) is 48.3 Å². The monoisotopic (exact) mass is 228 g/mol. The van der Waals surface area contributed by atoms with Crippen LogP contribution in [0.5, 0.6) is 0 Å². The van der Waals surface area contributed by atoms with Gasteiger partial charge in [0, 0.05) is 11.1 Å². The summed E-state index contributed by atoms with van der Waals surface area (Å²) in [5, 5.41) is 0. The van der Waals surface area contributed by atoms with E-state index in [1.165, 1.54) is 0 Å². The van der Waals surface area contributed by atoms with E-state index < -0.39 is 0 Å². The Morgan fingerprint density at radius 3 is 1.22 bits per heavy atom. The van der Waals surface area contributed by atoms with Gasteiger partial charge in [-0.25, -0.2) is 0 Å². The molecule has 0 saturated carbocycles. The first-order valence-corrected chi connectivity index (χ1v) is 5.63. The van der Waals surface area contributed by atoms with Crippen molar-refractivity contribution >= 4 is 12.2 Å². The molecule has 0 radical (unpaired) electrons. The largest absolute Gasteiger partial charge is 0.115 e. The summed E-state index contributed by atoms with van der Waals surface area (Å²) in [6, 6.07) is 15.7. The topological polar surface area (TPSA) is 0 Å². The van der Waals surface area contributed by atoms with Crippen LogP contribution in [0.25, 0.3) is 12.2 Å². The van der Waals surface area contributed by atoms with E-state index in [1.807, 2.05) is 60.7 Å². The molecule has 84 valence electrons. The van der Waals surface area contributed by atoms with Crippen molar-refractivity contribution in [3.05, 3.63) is 70.8 Å². The van der Waals surface area contributed by atoms with E-state index in [-0.39, 0.29) is 0 Å². The van der Waals surface area contributed by atoms with Gasteiger partial charge >= 0.3 is 0 Å². The van der Waals surface area contributed by atoms with Crippen molar-refractivity contribution in [3.8, 4) is 24.7 Å². The van der Waals surface area contributed by atoms with Gasteiger partial charge in [-0.2, -0.15) is 0 Å². The number of hydrogen-bond acceptors (Lipinski definition) is 0. The van der Waals surface area contributed by atoms with E-state index >= 15 is 0 Å². The Kier molecular flexibility index (Phi) is 3.65. The molecule has 0 aromatic heterocycles. The molecule has 0 spiro atoms. The van der Waals surface area contributed by atoms with Crippen LogP contribution in [0.15, 0.2) is 48.5 Å². The van der Waals surface area contributed by atoms with Crippen LogP contribution < -0.4 is 0 Å². The quantitative estimate of drug-likeness (QED) is 0.541. The number of rotatable bonds is 2. The van der Waals surface area contributed by atoms with Gasteiger partial charge in [0.25, 0.3) is 0 Å². The summed E-state index contributed by atoms with van der Waals surface area (Å²) in [4.78, 5) is 0. The van der Waals surface area contributed by atoms with Crippen molar-refractivity contribution in [1.29, 1.82) is 0 Å². The second-order valence-electron chi connectivity index (χ2n) is 3.87. The minimum absolute atomic E-state index is 0.894. The summed E-state index contributed by atoms with van der Waals surface area (Å²) in [5.74, 6) is 5.20. The fourth-order valence-corrected chi connectivity index (χ4v) is 1.57. The standard InChI is InChI=1S/C18H12/c1-3-15-5-9-17(10-6-15)13-14-18-11-7-16(4-2)8-12-18/h1-2,5-14H. The van der Waals surface area contributed by atoms with Crippen LogP contribution in [0.2, 0.25) is 0 Å². The van der Waals surface area contributed by atoms with Crippen molar-refractivity contribution in [3.63, 3.8) is 0 Å². The minimum Gasteiger partial charge on any atom is -0.115 e. The van der Waals surface area contributed by atoms with Crippen molar-refractivity contribution in [2.24, 2.45) is 0 Å². The molecule has 0 aliphatic carbocycles. The first-order chi connectivity index (χ1) is 8.81. The molecule has 0 unspecified atom stereocenters. The highest BCUT2D eigenvalue weighted by atomic mass is 13.9.